The third kappa shape index (κ3) is 11.5. The second kappa shape index (κ2) is 23.5. The van der Waals surface area contributed by atoms with Crippen molar-refractivity contribution >= 4 is 18.7 Å². The van der Waals surface area contributed by atoms with Gasteiger partial charge < -0.3 is 37.6 Å². The van der Waals surface area contributed by atoms with Gasteiger partial charge in [-0.3, -0.25) is 0 Å². The van der Waals surface area contributed by atoms with Gasteiger partial charge in [0.2, 0.25) is 0 Å². The third-order valence-corrected chi connectivity index (χ3v) is 17.9. The fourth-order valence-electron chi connectivity index (χ4n) is 9.60. The number of hydrogen-bond donors (Lipinski definition) is 0. The summed E-state index contributed by atoms with van der Waals surface area (Å²) < 4.78 is 56.3. The van der Waals surface area contributed by atoms with Crippen LogP contribution in [0, 0.1) is 0 Å². The van der Waals surface area contributed by atoms with E-state index >= 15 is 0 Å². The Morgan fingerprint density at radius 1 is 0.493 bits per heavy atom. The van der Waals surface area contributed by atoms with Gasteiger partial charge in [0.25, 0.3) is 0 Å². The fraction of sp³-hybridized carbons (Fsp3) is 0.300. The second-order valence-electron chi connectivity index (χ2n) is 18.5. The molecular weight excluding hydrogens is 877 g/mol. The number of benzene rings is 7. The summed E-state index contributed by atoms with van der Waals surface area (Å²) in [6, 6.07) is 64.1. The molecule has 9 heteroatoms. The maximum atomic E-state index is 7.78. The predicted octanol–water partition coefficient (Wildman–Crippen LogP) is 11.6. The molecular formula is C60H66O8Si. The van der Waals surface area contributed by atoms with Crippen LogP contribution in [0.5, 0.6) is 17.2 Å². The van der Waals surface area contributed by atoms with Gasteiger partial charge in [-0.2, -0.15) is 0 Å². The molecule has 0 N–H and O–H groups in total. The van der Waals surface area contributed by atoms with Crippen molar-refractivity contribution in [1.29, 1.82) is 0 Å². The second-order valence-corrected chi connectivity index (χ2v) is 22.7. The minimum Gasteiger partial charge on any atom is -0.534 e. The predicted molar refractivity (Wildman–Crippen MR) is 276 cm³/mol. The lowest BCUT2D eigenvalue weighted by atomic mass is 9.88. The average Bonchev–Trinajstić information content (AvgIpc) is 3.39. The Morgan fingerprint density at radius 3 is 1.33 bits per heavy atom. The summed E-state index contributed by atoms with van der Waals surface area (Å²) in [5.74, 6) is 1.85. The topological polar surface area (TPSA) is 73.8 Å². The zero-order valence-corrected chi connectivity index (χ0v) is 41.8. The monoisotopic (exact) mass is 942 g/mol. The maximum Gasteiger partial charge on any atom is 0.319 e. The quantitative estimate of drug-likeness (QED) is 0.0660. The van der Waals surface area contributed by atoms with Gasteiger partial charge in [-0.15, -0.1) is 0 Å². The van der Waals surface area contributed by atoms with Crippen molar-refractivity contribution in [1.82, 2.24) is 0 Å². The number of hydrogen-bond acceptors (Lipinski definition) is 8. The first-order valence-corrected chi connectivity index (χ1v) is 26.0. The molecule has 0 aliphatic carbocycles. The molecule has 5 atom stereocenters. The highest BCUT2D eigenvalue weighted by Gasteiger charge is 2.54. The molecule has 1 aliphatic heterocycles. The van der Waals surface area contributed by atoms with Gasteiger partial charge in [-0.25, -0.2) is 0 Å². The number of methoxy groups -OCH3 is 2. The van der Waals surface area contributed by atoms with Crippen LogP contribution in [0.1, 0.15) is 67.2 Å². The third-order valence-electron chi connectivity index (χ3n) is 13.0. The summed E-state index contributed by atoms with van der Waals surface area (Å²) in [6.07, 6.45) is -2.82. The normalized spacial score (nSPS) is 18.4. The van der Waals surface area contributed by atoms with E-state index < -0.39 is 38.8 Å². The average molecular weight is 943 g/mol. The highest BCUT2D eigenvalue weighted by Crippen LogP contribution is 2.50. The molecule has 3 unspecified atom stereocenters. The molecule has 1 heterocycles. The lowest BCUT2D eigenvalue weighted by Crippen LogP contribution is -2.68. The van der Waals surface area contributed by atoms with Crippen molar-refractivity contribution in [3.8, 4) is 17.2 Å². The van der Waals surface area contributed by atoms with E-state index in [4.69, 9.17) is 37.6 Å². The Kier molecular flexibility index (Phi) is 16.8. The van der Waals surface area contributed by atoms with Gasteiger partial charge in [-0.05, 0) is 44.1 Å². The molecule has 7 aromatic rings. The molecule has 0 aromatic heterocycles. The Bertz CT molecular complexity index is 2570. The van der Waals surface area contributed by atoms with Crippen molar-refractivity contribution in [3.63, 3.8) is 0 Å². The number of rotatable bonds is 21. The summed E-state index contributed by atoms with van der Waals surface area (Å²) in [6.45, 7) is 10.5. The first kappa shape index (κ1) is 49.4. The van der Waals surface area contributed by atoms with Crippen LogP contribution in [0.25, 0.3) is 0 Å². The zero-order valence-electron chi connectivity index (χ0n) is 40.8. The van der Waals surface area contributed by atoms with Crippen LogP contribution in [0.3, 0.4) is 0 Å². The van der Waals surface area contributed by atoms with Crippen molar-refractivity contribution in [2.75, 3.05) is 20.8 Å². The zero-order chi connectivity index (χ0) is 48.1. The molecule has 0 bridgehead atoms. The lowest BCUT2D eigenvalue weighted by molar-refractivity contribution is -0.275. The molecule has 7 aromatic carbocycles. The van der Waals surface area contributed by atoms with Crippen LogP contribution in [-0.2, 0) is 56.5 Å². The molecule has 69 heavy (non-hydrogen) atoms. The first-order valence-electron chi connectivity index (χ1n) is 24.1. The minimum absolute atomic E-state index is 0.210. The van der Waals surface area contributed by atoms with Gasteiger partial charge in [0.05, 0.1) is 52.8 Å². The van der Waals surface area contributed by atoms with E-state index in [0.717, 1.165) is 38.2 Å². The largest absolute Gasteiger partial charge is 0.534 e. The smallest absolute Gasteiger partial charge is 0.319 e. The Morgan fingerprint density at radius 2 is 0.913 bits per heavy atom. The van der Waals surface area contributed by atoms with Crippen LogP contribution in [0.2, 0.25) is 5.04 Å². The van der Waals surface area contributed by atoms with Crippen molar-refractivity contribution in [2.45, 2.75) is 96.1 Å². The molecule has 358 valence electrons. The summed E-state index contributed by atoms with van der Waals surface area (Å²) in [7, 11) is 0.296. The van der Waals surface area contributed by atoms with Gasteiger partial charge in [0.15, 0.2) is 0 Å². The highest BCUT2D eigenvalue weighted by atomic mass is 28.4. The molecule has 0 saturated carbocycles. The van der Waals surface area contributed by atoms with E-state index in [0.29, 0.717) is 49.1 Å². The van der Waals surface area contributed by atoms with Crippen molar-refractivity contribution in [3.05, 3.63) is 221 Å². The Balaban J connectivity index is 1.29. The SMILES string of the molecule is CCc1c(O[Si](c2ccccc2)(c2ccccc2)C(C)(C)C)cc(OC)c([C@@H]2OC(COCc3ccccc3)[C@@H](OCc3ccccc3)C(OCc3ccccc3)C2OCc2ccccc2)c1OC. The van der Waals surface area contributed by atoms with E-state index in [1.807, 2.05) is 78.9 Å². The first-order chi connectivity index (χ1) is 33.7. The fourth-order valence-corrected chi connectivity index (χ4v) is 14.0. The molecule has 1 aliphatic rings. The molecule has 8 nitrogen and oxygen atoms in total. The Labute approximate surface area is 410 Å². The van der Waals surface area contributed by atoms with Crippen LogP contribution < -0.4 is 24.3 Å². The molecule has 0 amide bonds. The molecule has 1 fully saturated rings. The maximum absolute atomic E-state index is 7.78. The summed E-state index contributed by atoms with van der Waals surface area (Å²) in [5.41, 5.74) is 5.71. The molecule has 1 saturated heterocycles. The van der Waals surface area contributed by atoms with E-state index in [1.54, 1.807) is 14.2 Å². The van der Waals surface area contributed by atoms with Crippen LogP contribution in [0.4, 0.5) is 0 Å². The van der Waals surface area contributed by atoms with Crippen LogP contribution in [0.15, 0.2) is 188 Å². The van der Waals surface area contributed by atoms with E-state index in [2.05, 4.69) is 137 Å². The van der Waals surface area contributed by atoms with Gasteiger partial charge in [0, 0.05) is 11.6 Å². The minimum atomic E-state index is -3.10. The molecule has 8 rings (SSSR count). The van der Waals surface area contributed by atoms with Crippen molar-refractivity contribution in [2.24, 2.45) is 0 Å². The van der Waals surface area contributed by atoms with E-state index in [1.165, 1.54) is 0 Å². The lowest BCUT2D eigenvalue weighted by Gasteiger charge is -2.47. The summed E-state index contributed by atoms with van der Waals surface area (Å²) in [4.78, 5) is 0. The summed E-state index contributed by atoms with van der Waals surface area (Å²) in [5, 5.41) is 2.03. The molecule has 0 radical (unpaired) electrons. The van der Waals surface area contributed by atoms with Gasteiger partial charge >= 0.3 is 8.32 Å². The highest BCUT2D eigenvalue weighted by molar-refractivity contribution is 7.00. The van der Waals surface area contributed by atoms with Crippen molar-refractivity contribution < 1.29 is 37.6 Å². The summed E-state index contributed by atoms with van der Waals surface area (Å²) >= 11 is 0. The molecule has 0 spiro atoms. The van der Waals surface area contributed by atoms with Gasteiger partial charge in [0.1, 0.15) is 47.8 Å². The number of ether oxygens (including phenoxy) is 7. The van der Waals surface area contributed by atoms with E-state index in [9.17, 15) is 0 Å². The van der Waals surface area contributed by atoms with Crippen LogP contribution in [-0.4, -0.2) is 53.6 Å². The standard InChI is InChI=1S/C60H66O8Si/c1-7-50-51(68-69(60(2,3)4,48-34-22-12-23-35-48)49-36-24-13-25-37-49)38-52(61-5)54(55(50)62-6)57-59(66-42-47-32-20-11-21-33-47)58(65-41-46-30-18-10-19-31-46)56(64-40-45-28-16-9-17-29-45)53(67-57)43-63-39-44-26-14-8-15-27-44/h8-38,53,56-59H,7,39-43H2,1-6H3/t53?,56-,57+,58?,59?/m1/s1. The Hall–Kier alpha value is -6.04. The van der Waals surface area contributed by atoms with E-state index in [-0.39, 0.29) is 18.3 Å². The van der Waals surface area contributed by atoms with Gasteiger partial charge in [-0.1, -0.05) is 210 Å². The van der Waals surface area contributed by atoms with Crippen LogP contribution >= 0.6 is 0 Å².